The van der Waals surface area contributed by atoms with Crippen molar-refractivity contribution in [2.75, 3.05) is 12.8 Å². The van der Waals surface area contributed by atoms with Crippen LogP contribution in [0.5, 0.6) is 5.75 Å². The predicted octanol–water partition coefficient (Wildman–Crippen LogP) is 2.12. The number of pyridine rings is 1. The summed E-state index contributed by atoms with van der Waals surface area (Å²) in [5, 5.41) is 0. The molecule has 0 spiro atoms. The molecule has 3 aromatic rings. The second kappa shape index (κ2) is 4.00. The molecule has 0 saturated heterocycles. The molecule has 3 aromatic heterocycles. The molecule has 3 heterocycles. The van der Waals surface area contributed by atoms with Gasteiger partial charge in [-0.15, -0.1) is 0 Å². The lowest BCUT2D eigenvalue weighted by Crippen LogP contribution is -1.98. The fraction of sp³-hybridized carbons (Fsp3) is 0.286. The summed E-state index contributed by atoms with van der Waals surface area (Å²) in [6.07, 6.45) is 7.96. The second-order valence-electron chi connectivity index (χ2n) is 5.03. The number of hydrogen-bond donors (Lipinski definition) is 1. The highest BCUT2D eigenvalue weighted by molar-refractivity contribution is 5.75. The smallest absolute Gasteiger partial charge is 0.181 e. The lowest BCUT2D eigenvalue weighted by molar-refractivity contribution is 0.417. The van der Waals surface area contributed by atoms with Crippen LogP contribution in [0.15, 0.2) is 30.9 Å². The number of rotatable bonds is 3. The van der Waals surface area contributed by atoms with Crippen LogP contribution in [-0.4, -0.2) is 26.0 Å². The molecule has 2 N–H and O–H groups in total. The van der Waals surface area contributed by atoms with Crippen molar-refractivity contribution in [1.82, 2.24) is 18.9 Å². The van der Waals surface area contributed by atoms with Crippen molar-refractivity contribution in [1.29, 1.82) is 0 Å². The fourth-order valence-electron chi connectivity index (χ4n) is 2.54. The van der Waals surface area contributed by atoms with Crippen LogP contribution >= 0.6 is 0 Å². The maximum atomic E-state index is 6.25. The van der Waals surface area contributed by atoms with E-state index in [0.717, 1.165) is 17.0 Å². The molecule has 6 nitrogen and oxygen atoms in total. The summed E-state index contributed by atoms with van der Waals surface area (Å²) >= 11 is 0. The molecular formula is C14H15N5O. The number of nitrogen functional groups attached to an aromatic ring is 1. The Kier molecular flexibility index (Phi) is 2.26. The number of aromatic nitrogens is 4. The number of nitrogens with two attached hydrogens (primary N) is 1. The Morgan fingerprint density at radius 1 is 1.40 bits per heavy atom. The van der Waals surface area contributed by atoms with Gasteiger partial charge in [0.25, 0.3) is 0 Å². The zero-order valence-electron chi connectivity index (χ0n) is 11.2. The van der Waals surface area contributed by atoms with Crippen LogP contribution in [0.4, 0.5) is 5.82 Å². The number of fused-ring (bicyclic) bond motifs is 1. The first-order valence-electron chi connectivity index (χ1n) is 6.62. The van der Waals surface area contributed by atoms with E-state index < -0.39 is 0 Å². The average molecular weight is 269 g/mol. The molecule has 0 radical (unpaired) electrons. The predicted molar refractivity (Wildman–Crippen MR) is 75.6 cm³/mol. The summed E-state index contributed by atoms with van der Waals surface area (Å²) in [6.45, 7) is 0. The van der Waals surface area contributed by atoms with Gasteiger partial charge in [-0.3, -0.25) is 4.40 Å². The summed E-state index contributed by atoms with van der Waals surface area (Å²) in [4.78, 5) is 8.89. The van der Waals surface area contributed by atoms with Crippen molar-refractivity contribution < 1.29 is 4.74 Å². The molecule has 1 aliphatic rings. The fourth-order valence-corrected chi connectivity index (χ4v) is 2.54. The van der Waals surface area contributed by atoms with Crippen molar-refractivity contribution in [2.24, 2.45) is 0 Å². The van der Waals surface area contributed by atoms with Crippen molar-refractivity contribution in [3.63, 3.8) is 0 Å². The SMILES string of the molecule is COc1cccn2c(N)c(-c3cncn3C3CC3)nc12. The molecule has 0 bridgehead atoms. The van der Waals surface area contributed by atoms with E-state index in [9.17, 15) is 0 Å². The minimum atomic E-state index is 0.540. The first kappa shape index (κ1) is 11.3. The Labute approximate surface area is 115 Å². The lowest BCUT2D eigenvalue weighted by atomic mass is 10.3. The number of methoxy groups -OCH3 is 1. The van der Waals surface area contributed by atoms with Gasteiger partial charge in [0.2, 0.25) is 0 Å². The highest BCUT2D eigenvalue weighted by atomic mass is 16.5. The Bertz CT molecular complexity index is 784. The van der Waals surface area contributed by atoms with E-state index in [1.807, 2.05) is 35.3 Å². The zero-order valence-corrected chi connectivity index (χ0v) is 11.2. The maximum absolute atomic E-state index is 6.25. The van der Waals surface area contributed by atoms with Crippen LogP contribution in [-0.2, 0) is 0 Å². The van der Waals surface area contributed by atoms with Crippen LogP contribution in [0, 0.1) is 0 Å². The number of imidazole rings is 2. The molecule has 1 aliphatic carbocycles. The molecule has 0 aromatic carbocycles. The molecule has 0 aliphatic heterocycles. The van der Waals surface area contributed by atoms with Gasteiger partial charge in [-0.1, -0.05) is 0 Å². The molecule has 4 rings (SSSR count). The molecule has 0 atom stereocenters. The zero-order chi connectivity index (χ0) is 13.7. The molecule has 0 amide bonds. The van der Waals surface area contributed by atoms with E-state index in [4.69, 9.17) is 10.5 Å². The van der Waals surface area contributed by atoms with E-state index in [-0.39, 0.29) is 0 Å². The van der Waals surface area contributed by atoms with E-state index in [0.29, 0.717) is 17.6 Å². The van der Waals surface area contributed by atoms with Crippen molar-refractivity contribution in [3.05, 3.63) is 30.9 Å². The minimum absolute atomic E-state index is 0.540. The summed E-state index contributed by atoms with van der Waals surface area (Å²) in [5.74, 6) is 1.32. The first-order chi connectivity index (χ1) is 9.79. The lowest BCUT2D eigenvalue weighted by Gasteiger charge is -2.04. The van der Waals surface area contributed by atoms with Crippen LogP contribution in [0.3, 0.4) is 0 Å². The molecular weight excluding hydrogens is 254 g/mol. The van der Waals surface area contributed by atoms with E-state index >= 15 is 0 Å². The van der Waals surface area contributed by atoms with Gasteiger partial charge < -0.3 is 15.0 Å². The van der Waals surface area contributed by atoms with Gasteiger partial charge in [0, 0.05) is 12.2 Å². The van der Waals surface area contributed by atoms with Gasteiger partial charge in [0.1, 0.15) is 11.5 Å². The third kappa shape index (κ3) is 1.51. The average Bonchev–Trinajstić information content (AvgIpc) is 3.11. The number of nitrogens with zero attached hydrogens (tertiary/aromatic N) is 4. The number of hydrogen-bond acceptors (Lipinski definition) is 4. The molecule has 1 saturated carbocycles. The molecule has 6 heteroatoms. The highest BCUT2D eigenvalue weighted by Crippen LogP contribution is 2.39. The maximum Gasteiger partial charge on any atom is 0.181 e. The van der Waals surface area contributed by atoms with Crippen LogP contribution in [0.25, 0.3) is 17.0 Å². The Balaban J connectivity index is 1.95. The second-order valence-corrected chi connectivity index (χ2v) is 5.03. The van der Waals surface area contributed by atoms with E-state index in [1.54, 1.807) is 7.11 Å². The third-order valence-corrected chi connectivity index (χ3v) is 3.72. The first-order valence-corrected chi connectivity index (χ1v) is 6.62. The standard InChI is InChI=1S/C14H15N5O/c1-20-11-3-2-6-18-13(15)12(17-14(11)18)10-7-16-8-19(10)9-4-5-9/h2-3,6-9H,4-5,15H2,1H3. The van der Waals surface area contributed by atoms with Crippen molar-refractivity contribution >= 4 is 11.5 Å². The highest BCUT2D eigenvalue weighted by Gasteiger charge is 2.27. The van der Waals surface area contributed by atoms with Crippen molar-refractivity contribution in [3.8, 4) is 17.1 Å². The van der Waals surface area contributed by atoms with E-state index in [2.05, 4.69) is 14.5 Å². The molecule has 1 fully saturated rings. The Morgan fingerprint density at radius 2 is 2.25 bits per heavy atom. The molecule has 102 valence electrons. The van der Waals surface area contributed by atoms with Gasteiger partial charge in [-0.2, -0.15) is 0 Å². The van der Waals surface area contributed by atoms with Gasteiger partial charge in [0.05, 0.1) is 25.3 Å². The third-order valence-electron chi connectivity index (χ3n) is 3.72. The van der Waals surface area contributed by atoms with E-state index in [1.165, 1.54) is 12.8 Å². The quantitative estimate of drug-likeness (QED) is 0.790. The summed E-state index contributed by atoms with van der Waals surface area (Å²) < 4.78 is 9.34. The van der Waals surface area contributed by atoms with Crippen molar-refractivity contribution in [2.45, 2.75) is 18.9 Å². The number of anilines is 1. The summed E-state index contributed by atoms with van der Waals surface area (Å²) in [6, 6.07) is 4.31. The molecule has 0 unspecified atom stereocenters. The normalized spacial score (nSPS) is 14.8. The van der Waals surface area contributed by atoms with Crippen LogP contribution < -0.4 is 10.5 Å². The van der Waals surface area contributed by atoms with Crippen LogP contribution in [0.1, 0.15) is 18.9 Å². The monoisotopic (exact) mass is 269 g/mol. The topological polar surface area (TPSA) is 70.4 Å². The number of ether oxygens (including phenoxy) is 1. The summed E-state index contributed by atoms with van der Waals surface area (Å²) in [5.41, 5.74) is 8.71. The van der Waals surface area contributed by atoms with Gasteiger partial charge >= 0.3 is 0 Å². The minimum Gasteiger partial charge on any atom is -0.493 e. The summed E-state index contributed by atoms with van der Waals surface area (Å²) in [7, 11) is 1.63. The van der Waals surface area contributed by atoms with Gasteiger partial charge in [-0.05, 0) is 25.0 Å². The largest absolute Gasteiger partial charge is 0.493 e. The Hall–Kier alpha value is -2.50. The Morgan fingerprint density at radius 3 is 3.00 bits per heavy atom. The van der Waals surface area contributed by atoms with Crippen LogP contribution in [0.2, 0.25) is 0 Å². The van der Waals surface area contributed by atoms with Gasteiger partial charge in [0.15, 0.2) is 11.4 Å². The molecule has 20 heavy (non-hydrogen) atoms. The van der Waals surface area contributed by atoms with Gasteiger partial charge in [-0.25, -0.2) is 9.97 Å².